The van der Waals surface area contributed by atoms with Gasteiger partial charge >= 0.3 is 0 Å². The number of nitrogens with two attached hydrogens (primary N) is 1. The van der Waals surface area contributed by atoms with Crippen LogP contribution in [0, 0.1) is 6.92 Å². The van der Waals surface area contributed by atoms with E-state index in [-0.39, 0.29) is 0 Å². The minimum Gasteiger partial charge on any atom is -0.341 e. The van der Waals surface area contributed by atoms with Gasteiger partial charge in [-0.1, -0.05) is 0 Å². The van der Waals surface area contributed by atoms with E-state index < -0.39 is 0 Å². The van der Waals surface area contributed by atoms with Crippen LogP contribution in [-0.4, -0.2) is 28.7 Å². The lowest BCUT2D eigenvalue weighted by Gasteiger charge is -2.31. The quantitative estimate of drug-likeness (QED) is 0.714. The summed E-state index contributed by atoms with van der Waals surface area (Å²) in [4.78, 5) is 6.78. The Hall–Kier alpha value is -1.03. The van der Waals surface area contributed by atoms with Crippen LogP contribution in [0.25, 0.3) is 0 Å². The lowest BCUT2D eigenvalue weighted by molar-refractivity contribution is 0.496. The first kappa shape index (κ1) is 9.52. The number of nitrogens with zero attached hydrogens (tertiary/aromatic N) is 3. The molecule has 0 bridgehead atoms. The zero-order chi connectivity index (χ0) is 10.1. The fraction of sp³-hybridized carbons (Fsp3) is 0.700. The van der Waals surface area contributed by atoms with Crippen molar-refractivity contribution in [1.82, 2.24) is 9.55 Å². The summed E-state index contributed by atoms with van der Waals surface area (Å²) in [7, 11) is 2.04. The third-order valence-electron chi connectivity index (χ3n) is 2.71. The lowest BCUT2D eigenvalue weighted by atomic mass is 10.1. The molecular weight excluding hydrogens is 176 g/mol. The summed E-state index contributed by atoms with van der Waals surface area (Å²) in [5, 5.41) is 0. The second-order valence-electron chi connectivity index (χ2n) is 4.14. The SMILES string of the molecule is Cc1cn(C)c(N2CCC[C@@H](N)C2)n1. The molecular formula is C10H18N4. The van der Waals surface area contributed by atoms with Gasteiger partial charge in [0.25, 0.3) is 0 Å². The summed E-state index contributed by atoms with van der Waals surface area (Å²) in [5.41, 5.74) is 7.01. The van der Waals surface area contributed by atoms with Gasteiger partial charge in [-0.05, 0) is 19.8 Å². The van der Waals surface area contributed by atoms with Crippen LogP contribution >= 0.6 is 0 Å². The Kier molecular flexibility index (Phi) is 2.46. The summed E-state index contributed by atoms with van der Waals surface area (Å²) in [6.45, 7) is 4.04. The zero-order valence-corrected chi connectivity index (χ0v) is 8.90. The van der Waals surface area contributed by atoms with Crippen LogP contribution in [0.4, 0.5) is 5.95 Å². The Labute approximate surface area is 84.7 Å². The minimum absolute atomic E-state index is 0.306. The molecule has 1 saturated heterocycles. The summed E-state index contributed by atoms with van der Waals surface area (Å²) in [6.07, 6.45) is 4.36. The predicted octanol–water partition coefficient (Wildman–Crippen LogP) is 0.656. The predicted molar refractivity (Wildman–Crippen MR) is 57.4 cm³/mol. The van der Waals surface area contributed by atoms with Crippen molar-refractivity contribution < 1.29 is 0 Å². The van der Waals surface area contributed by atoms with Crippen molar-refractivity contribution in [3.05, 3.63) is 11.9 Å². The van der Waals surface area contributed by atoms with Crippen molar-refractivity contribution in [2.24, 2.45) is 12.8 Å². The van der Waals surface area contributed by atoms with Crippen LogP contribution in [0.2, 0.25) is 0 Å². The van der Waals surface area contributed by atoms with Gasteiger partial charge in [0.15, 0.2) is 0 Å². The number of imidazole rings is 1. The second-order valence-corrected chi connectivity index (χ2v) is 4.14. The van der Waals surface area contributed by atoms with Gasteiger partial charge in [0, 0.05) is 32.4 Å². The fourth-order valence-electron chi connectivity index (χ4n) is 2.09. The molecule has 1 aliphatic heterocycles. The van der Waals surface area contributed by atoms with Crippen molar-refractivity contribution in [2.45, 2.75) is 25.8 Å². The van der Waals surface area contributed by atoms with Crippen molar-refractivity contribution in [3.63, 3.8) is 0 Å². The highest BCUT2D eigenvalue weighted by Gasteiger charge is 2.19. The fourth-order valence-corrected chi connectivity index (χ4v) is 2.09. The lowest BCUT2D eigenvalue weighted by Crippen LogP contribution is -2.43. The molecule has 1 aromatic heterocycles. The summed E-state index contributed by atoms with van der Waals surface area (Å²) >= 11 is 0. The standard InChI is InChI=1S/C10H18N4/c1-8-6-13(2)10(12-8)14-5-3-4-9(11)7-14/h6,9H,3-5,7,11H2,1-2H3/t9-/m1/s1. The molecule has 0 radical (unpaired) electrons. The van der Waals surface area contributed by atoms with Gasteiger partial charge in [0.1, 0.15) is 0 Å². The minimum atomic E-state index is 0.306. The van der Waals surface area contributed by atoms with Gasteiger partial charge in [-0.25, -0.2) is 4.98 Å². The second kappa shape index (κ2) is 3.61. The van der Waals surface area contributed by atoms with Gasteiger partial charge in [-0.15, -0.1) is 0 Å². The van der Waals surface area contributed by atoms with Gasteiger partial charge < -0.3 is 15.2 Å². The number of aryl methyl sites for hydroxylation is 2. The molecule has 4 heteroatoms. The van der Waals surface area contributed by atoms with E-state index in [0.29, 0.717) is 6.04 Å². The van der Waals surface area contributed by atoms with Crippen LogP contribution in [-0.2, 0) is 7.05 Å². The van der Waals surface area contributed by atoms with Crippen molar-refractivity contribution in [3.8, 4) is 0 Å². The zero-order valence-electron chi connectivity index (χ0n) is 8.90. The maximum absolute atomic E-state index is 5.94. The first-order valence-electron chi connectivity index (χ1n) is 5.17. The topological polar surface area (TPSA) is 47.1 Å². The van der Waals surface area contributed by atoms with E-state index in [1.165, 1.54) is 6.42 Å². The van der Waals surface area contributed by atoms with Gasteiger partial charge in [0.2, 0.25) is 5.95 Å². The molecule has 1 atom stereocenters. The third-order valence-corrected chi connectivity index (χ3v) is 2.71. The number of piperidine rings is 1. The largest absolute Gasteiger partial charge is 0.341 e. The van der Waals surface area contributed by atoms with E-state index in [4.69, 9.17) is 5.73 Å². The molecule has 0 unspecified atom stereocenters. The normalized spacial score (nSPS) is 22.8. The molecule has 0 saturated carbocycles. The van der Waals surface area contributed by atoms with E-state index >= 15 is 0 Å². The first-order chi connectivity index (χ1) is 6.66. The number of rotatable bonds is 1. The van der Waals surface area contributed by atoms with Crippen molar-refractivity contribution in [1.29, 1.82) is 0 Å². The summed E-state index contributed by atoms with van der Waals surface area (Å²) < 4.78 is 2.08. The van der Waals surface area contributed by atoms with Crippen molar-refractivity contribution in [2.75, 3.05) is 18.0 Å². The molecule has 1 aliphatic rings. The molecule has 0 aromatic carbocycles. The number of aromatic nitrogens is 2. The molecule has 2 N–H and O–H groups in total. The van der Waals surface area contributed by atoms with Crippen molar-refractivity contribution >= 4 is 5.95 Å². The first-order valence-corrected chi connectivity index (χ1v) is 5.17. The summed E-state index contributed by atoms with van der Waals surface area (Å²) in [6, 6.07) is 0.306. The molecule has 0 spiro atoms. The maximum Gasteiger partial charge on any atom is 0.205 e. The van der Waals surface area contributed by atoms with Crippen LogP contribution in [0.5, 0.6) is 0 Å². The van der Waals surface area contributed by atoms with E-state index in [2.05, 4.69) is 20.6 Å². The molecule has 1 aromatic rings. The molecule has 2 rings (SSSR count). The number of hydrogen-bond acceptors (Lipinski definition) is 3. The third kappa shape index (κ3) is 1.75. The van der Waals surface area contributed by atoms with Crippen LogP contribution in [0.15, 0.2) is 6.20 Å². The Bertz CT molecular complexity index is 318. The molecule has 14 heavy (non-hydrogen) atoms. The Balaban J connectivity index is 2.17. The van der Waals surface area contributed by atoms with E-state index in [9.17, 15) is 0 Å². The van der Waals surface area contributed by atoms with E-state index in [1.54, 1.807) is 0 Å². The monoisotopic (exact) mass is 194 g/mol. The Morgan fingerprint density at radius 2 is 2.36 bits per heavy atom. The molecule has 0 aliphatic carbocycles. The van der Waals surface area contributed by atoms with Gasteiger partial charge in [-0.2, -0.15) is 0 Å². The highest BCUT2D eigenvalue weighted by Crippen LogP contribution is 2.17. The van der Waals surface area contributed by atoms with Crippen LogP contribution in [0.1, 0.15) is 18.5 Å². The molecule has 0 amide bonds. The van der Waals surface area contributed by atoms with Crippen LogP contribution in [0.3, 0.4) is 0 Å². The van der Waals surface area contributed by atoms with E-state index in [1.807, 2.05) is 14.0 Å². The average Bonchev–Trinajstić information content (AvgIpc) is 2.45. The smallest absolute Gasteiger partial charge is 0.205 e. The molecule has 2 heterocycles. The van der Waals surface area contributed by atoms with Crippen LogP contribution < -0.4 is 10.6 Å². The average molecular weight is 194 g/mol. The highest BCUT2D eigenvalue weighted by molar-refractivity contribution is 5.34. The van der Waals surface area contributed by atoms with Gasteiger partial charge in [0.05, 0.1) is 5.69 Å². The highest BCUT2D eigenvalue weighted by atomic mass is 15.3. The molecule has 78 valence electrons. The molecule has 1 fully saturated rings. The number of hydrogen-bond donors (Lipinski definition) is 1. The number of anilines is 1. The van der Waals surface area contributed by atoms with E-state index in [0.717, 1.165) is 31.2 Å². The van der Waals surface area contributed by atoms with Gasteiger partial charge in [-0.3, -0.25) is 0 Å². The maximum atomic E-state index is 5.94. The Morgan fingerprint density at radius 3 is 2.93 bits per heavy atom. The Morgan fingerprint density at radius 1 is 1.57 bits per heavy atom. The molecule has 4 nitrogen and oxygen atoms in total. The summed E-state index contributed by atoms with van der Waals surface area (Å²) in [5.74, 6) is 1.05.